The number of esters is 1. The minimum atomic E-state index is -0.408. The van der Waals surface area contributed by atoms with E-state index in [4.69, 9.17) is 4.74 Å². The molecular formula is C20H26N2O3S. The Morgan fingerprint density at radius 3 is 2.42 bits per heavy atom. The quantitative estimate of drug-likeness (QED) is 0.399. The molecule has 0 aliphatic heterocycles. The fourth-order valence-electron chi connectivity index (χ4n) is 2.72. The van der Waals surface area contributed by atoms with E-state index in [0.717, 1.165) is 28.4 Å². The average Bonchev–Trinajstić information content (AvgIpc) is 2.86. The SMILES string of the molecule is CSc1ccc(C(=O)COC(=O)Cc2c(C)nn(CC(C)C)c2C)cc1. The predicted octanol–water partition coefficient (Wildman–Crippen LogP) is 3.85. The second kappa shape index (κ2) is 9.03. The Kier molecular flexibility index (Phi) is 7.03. The third-order valence-corrected chi connectivity index (χ3v) is 4.91. The topological polar surface area (TPSA) is 61.2 Å². The van der Waals surface area contributed by atoms with Gasteiger partial charge in [-0.15, -0.1) is 11.8 Å². The van der Waals surface area contributed by atoms with Crippen LogP contribution in [-0.2, 0) is 22.5 Å². The van der Waals surface area contributed by atoms with Gasteiger partial charge in [-0.1, -0.05) is 26.0 Å². The fraction of sp³-hybridized carbons (Fsp3) is 0.450. The molecule has 1 heterocycles. The summed E-state index contributed by atoms with van der Waals surface area (Å²) < 4.78 is 7.12. The highest BCUT2D eigenvalue weighted by atomic mass is 32.2. The summed E-state index contributed by atoms with van der Waals surface area (Å²) in [6.45, 7) is 8.68. The van der Waals surface area contributed by atoms with Crippen LogP contribution in [-0.4, -0.2) is 34.4 Å². The number of hydrogen-bond donors (Lipinski definition) is 0. The summed E-state index contributed by atoms with van der Waals surface area (Å²) in [7, 11) is 0. The molecule has 26 heavy (non-hydrogen) atoms. The first-order valence-corrected chi connectivity index (χ1v) is 9.90. The lowest BCUT2D eigenvalue weighted by Gasteiger charge is -2.08. The first-order valence-electron chi connectivity index (χ1n) is 8.67. The van der Waals surface area contributed by atoms with Crippen LogP contribution in [0.3, 0.4) is 0 Å². The molecule has 0 amide bonds. The van der Waals surface area contributed by atoms with Gasteiger partial charge in [-0.3, -0.25) is 14.3 Å². The molecule has 0 spiro atoms. The number of thioether (sulfide) groups is 1. The lowest BCUT2D eigenvalue weighted by Crippen LogP contribution is -2.16. The summed E-state index contributed by atoms with van der Waals surface area (Å²) in [6.07, 6.45) is 2.11. The first-order chi connectivity index (χ1) is 12.3. The van der Waals surface area contributed by atoms with Crippen LogP contribution in [0.4, 0.5) is 0 Å². The van der Waals surface area contributed by atoms with Gasteiger partial charge in [0.15, 0.2) is 12.4 Å². The summed E-state index contributed by atoms with van der Waals surface area (Å²) in [5, 5.41) is 4.50. The molecule has 0 aliphatic rings. The summed E-state index contributed by atoms with van der Waals surface area (Å²) >= 11 is 1.61. The molecule has 0 fully saturated rings. The van der Waals surface area contributed by atoms with Gasteiger partial charge in [-0.05, 0) is 38.2 Å². The van der Waals surface area contributed by atoms with Crippen molar-refractivity contribution in [2.75, 3.05) is 12.9 Å². The molecule has 1 aromatic carbocycles. The molecule has 0 atom stereocenters. The maximum Gasteiger partial charge on any atom is 0.310 e. The number of Topliss-reactive ketones (excluding diaryl/α,β-unsaturated/α-hetero) is 1. The van der Waals surface area contributed by atoms with Crippen molar-refractivity contribution in [3.05, 3.63) is 46.8 Å². The number of nitrogens with zero attached hydrogens (tertiary/aromatic N) is 2. The predicted molar refractivity (Wildman–Crippen MR) is 104 cm³/mol. The van der Waals surface area contributed by atoms with E-state index in [1.165, 1.54) is 0 Å². The van der Waals surface area contributed by atoms with Crippen molar-refractivity contribution < 1.29 is 14.3 Å². The molecule has 1 aromatic heterocycles. The lowest BCUT2D eigenvalue weighted by molar-refractivity contribution is -0.141. The van der Waals surface area contributed by atoms with Crippen molar-refractivity contribution in [1.29, 1.82) is 0 Å². The summed E-state index contributed by atoms with van der Waals surface area (Å²) in [5.74, 6) is -0.132. The van der Waals surface area contributed by atoms with Gasteiger partial charge >= 0.3 is 5.97 Å². The van der Waals surface area contributed by atoms with E-state index in [-0.39, 0.29) is 18.8 Å². The van der Waals surface area contributed by atoms with E-state index >= 15 is 0 Å². The zero-order chi connectivity index (χ0) is 19.3. The molecule has 0 unspecified atom stereocenters. The van der Waals surface area contributed by atoms with Gasteiger partial charge in [0.2, 0.25) is 0 Å². The smallest absolute Gasteiger partial charge is 0.310 e. The molecule has 0 radical (unpaired) electrons. The molecule has 0 N–H and O–H groups in total. The number of aromatic nitrogens is 2. The van der Waals surface area contributed by atoms with Crippen molar-refractivity contribution >= 4 is 23.5 Å². The van der Waals surface area contributed by atoms with E-state index < -0.39 is 5.97 Å². The second-order valence-electron chi connectivity index (χ2n) is 6.71. The van der Waals surface area contributed by atoms with Gasteiger partial charge in [0.1, 0.15) is 0 Å². The summed E-state index contributed by atoms with van der Waals surface area (Å²) in [4.78, 5) is 25.4. The van der Waals surface area contributed by atoms with Gasteiger partial charge in [0.05, 0.1) is 12.1 Å². The van der Waals surface area contributed by atoms with Crippen molar-refractivity contribution in [1.82, 2.24) is 9.78 Å². The normalized spacial score (nSPS) is 11.0. The molecule has 0 saturated heterocycles. The number of aryl methyl sites for hydroxylation is 1. The zero-order valence-electron chi connectivity index (χ0n) is 16.0. The third kappa shape index (κ3) is 5.21. The van der Waals surface area contributed by atoms with E-state index in [0.29, 0.717) is 11.5 Å². The Morgan fingerprint density at radius 2 is 1.85 bits per heavy atom. The van der Waals surface area contributed by atoms with Crippen LogP contribution in [0.2, 0.25) is 0 Å². The highest BCUT2D eigenvalue weighted by Gasteiger charge is 2.17. The number of hydrogen-bond acceptors (Lipinski definition) is 5. The number of benzene rings is 1. The average molecular weight is 375 g/mol. The molecule has 0 saturated carbocycles. The standard InChI is InChI=1S/C20H26N2O3S/c1-13(2)11-22-15(4)18(14(3)21-22)10-20(24)25-12-19(23)16-6-8-17(26-5)9-7-16/h6-9,13H,10-12H2,1-5H3. The van der Waals surface area contributed by atoms with Crippen molar-refractivity contribution in [3.63, 3.8) is 0 Å². The van der Waals surface area contributed by atoms with Crippen LogP contribution in [0, 0.1) is 19.8 Å². The van der Waals surface area contributed by atoms with Crippen LogP contribution >= 0.6 is 11.8 Å². The van der Waals surface area contributed by atoms with Crippen molar-refractivity contribution in [3.8, 4) is 0 Å². The lowest BCUT2D eigenvalue weighted by atomic mass is 10.1. The summed E-state index contributed by atoms with van der Waals surface area (Å²) in [5.41, 5.74) is 3.24. The molecule has 2 aromatic rings. The Balaban J connectivity index is 1.94. The van der Waals surface area contributed by atoms with Crippen molar-refractivity contribution in [2.24, 2.45) is 5.92 Å². The van der Waals surface area contributed by atoms with E-state index in [2.05, 4.69) is 18.9 Å². The van der Waals surface area contributed by atoms with Crippen LogP contribution in [0.15, 0.2) is 29.2 Å². The largest absolute Gasteiger partial charge is 0.457 e. The molecule has 2 rings (SSSR count). The highest BCUT2D eigenvalue weighted by Crippen LogP contribution is 2.17. The van der Waals surface area contributed by atoms with Crippen LogP contribution < -0.4 is 0 Å². The molecule has 6 heteroatoms. The number of carbonyl (C=O) groups excluding carboxylic acids is 2. The number of carbonyl (C=O) groups is 2. The van der Waals surface area contributed by atoms with E-state index in [1.54, 1.807) is 23.9 Å². The monoisotopic (exact) mass is 374 g/mol. The number of rotatable bonds is 8. The zero-order valence-corrected chi connectivity index (χ0v) is 16.9. The van der Waals surface area contributed by atoms with E-state index in [1.807, 2.05) is 36.9 Å². The molecule has 0 aliphatic carbocycles. The first kappa shape index (κ1) is 20.2. The van der Waals surface area contributed by atoms with Gasteiger partial charge in [-0.2, -0.15) is 5.10 Å². The Bertz CT molecular complexity index is 779. The molecule has 5 nitrogen and oxygen atoms in total. The highest BCUT2D eigenvalue weighted by molar-refractivity contribution is 7.98. The molecular weight excluding hydrogens is 348 g/mol. The fourth-order valence-corrected chi connectivity index (χ4v) is 3.12. The van der Waals surface area contributed by atoms with Gasteiger partial charge in [0.25, 0.3) is 0 Å². The van der Waals surface area contributed by atoms with Crippen LogP contribution in [0.5, 0.6) is 0 Å². The Hall–Kier alpha value is -2.08. The van der Waals surface area contributed by atoms with Gasteiger partial charge < -0.3 is 4.74 Å². The Morgan fingerprint density at radius 1 is 1.19 bits per heavy atom. The second-order valence-corrected chi connectivity index (χ2v) is 7.59. The van der Waals surface area contributed by atoms with Gasteiger partial charge in [-0.25, -0.2) is 0 Å². The third-order valence-electron chi connectivity index (χ3n) is 4.17. The van der Waals surface area contributed by atoms with Crippen molar-refractivity contribution in [2.45, 2.75) is 45.6 Å². The minimum Gasteiger partial charge on any atom is -0.457 e. The number of ketones is 1. The maximum absolute atomic E-state index is 12.2. The summed E-state index contributed by atoms with van der Waals surface area (Å²) in [6, 6.07) is 7.28. The van der Waals surface area contributed by atoms with E-state index in [9.17, 15) is 9.59 Å². The van der Waals surface area contributed by atoms with Gasteiger partial charge in [0, 0.05) is 28.3 Å². The Labute approximate surface area is 159 Å². The number of ether oxygens (including phenoxy) is 1. The molecule has 0 bridgehead atoms. The molecule has 140 valence electrons. The van der Waals surface area contributed by atoms with Crippen LogP contribution in [0.25, 0.3) is 0 Å². The minimum absolute atomic E-state index is 0.133. The van der Waals surface area contributed by atoms with Crippen LogP contribution in [0.1, 0.15) is 41.2 Å². The maximum atomic E-state index is 12.2.